The molecule has 0 radical (unpaired) electrons. The first-order valence-electron chi connectivity index (χ1n) is 8.85. The Morgan fingerprint density at radius 1 is 1.00 bits per heavy atom. The highest BCUT2D eigenvalue weighted by atomic mass is 16.2. The molecule has 2 heterocycles. The van der Waals surface area contributed by atoms with Gasteiger partial charge >= 0.3 is 0 Å². The molecular weight excluding hydrogens is 248 g/mol. The van der Waals surface area contributed by atoms with Crippen molar-refractivity contribution in [1.82, 2.24) is 10.2 Å². The Morgan fingerprint density at radius 2 is 1.80 bits per heavy atom. The van der Waals surface area contributed by atoms with Gasteiger partial charge < -0.3 is 10.2 Å². The first kappa shape index (κ1) is 14.4. The van der Waals surface area contributed by atoms with E-state index in [1.165, 1.54) is 51.4 Å². The zero-order valence-electron chi connectivity index (χ0n) is 12.8. The number of carbonyl (C=O) groups is 1. The van der Waals surface area contributed by atoms with E-state index in [4.69, 9.17) is 0 Å². The third-order valence-corrected chi connectivity index (χ3v) is 5.60. The molecule has 3 fully saturated rings. The average Bonchev–Trinajstić information content (AvgIpc) is 2.79. The summed E-state index contributed by atoms with van der Waals surface area (Å²) in [6, 6.07) is 1.25. The van der Waals surface area contributed by atoms with Gasteiger partial charge in [0.1, 0.15) is 0 Å². The first-order valence-corrected chi connectivity index (χ1v) is 8.85. The monoisotopic (exact) mass is 278 g/mol. The van der Waals surface area contributed by atoms with Crippen molar-refractivity contribution in [2.75, 3.05) is 13.1 Å². The molecule has 20 heavy (non-hydrogen) atoms. The van der Waals surface area contributed by atoms with E-state index in [9.17, 15) is 4.79 Å². The van der Waals surface area contributed by atoms with Crippen molar-refractivity contribution in [1.29, 1.82) is 0 Å². The fourth-order valence-corrected chi connectivity index (χ4v) is 4.35. The molecule has 2 atom stereocenters. The second-order valence-corrected chi connectivity index (χ2v) is 7.16. The second-order valence-electron chi connectivity index (χ2n) is 7.16. The lowest BCUT2D eigenvalue weighted by Crippen LogP contribution is -2.38. The minimum Gasteiger partial charge on any atom is -0.341 e. The van der Waals surface area contributed by atoms with Gasteiger partial charge in [-0.1, -0.05) is 32.1 Å². The number of hydrogen-bond acceptors (Lipinski definition) is 2. The maximum atomic E-state index is 12.4. The molecule has 3 heteroatoms. The Balaban J connectivity index is 1.37. The minimum atomic E-state index is 0.412. The molecule has 1 saturated carbocycles. The van der Waals surface area contributed by atoms with Gasteiger partial charge in [-0.25, -0.2) is 0 Å². The van der Waals surface area contributed by atoms with E-state index < -0.39 is 0 Å². The molecular formula is C17H30N2O. The van der Waals surface area contributed by atoms with Crippen LogP contribution in [0.3, 0.4) is 0 Å². The number of nitrogens with zero attached hydrogens (tertiary/aromatic N) is 1. The van der Waals surface area contributed by atoms with Crippen molar-refractivity contribution in [3.63, 3.8) is 0 Å². The number of hydrogen-bond donors (Lipinski definition) is 1. The topological polar surface area (TPSA) is 32.3 Å². The molecule has 2 aliphatic heterocycles. The highest BCUT2D eigenvalue weighted by molar-refractivity contribution is 5.76. The van der Waals surface area contributed by atoms with Crippen LogP contribution in [0.15, 0.2) is 0 Å². The van der Waals surface area contributed by atoms with E-state index in [2.05, 4.69) is 10.2 Å². The first-order chi connectivity index (χ1) is 9.81. The summed E-state index contributed by atoms with van der Waals surface area (Å²) in [4.78, 5) is 14.5. The predicted molar refractivity (Wildman–Crippen MR) is 81.6 cm³/mol. The maximum absolute atomic E-state index is 12.4. The number of likely N-dealkylation sites (tertiary alicyclic amines) is 1. The summed E-state index contributed by atoms with van der Waals surface area (Å²) in [6.45, 7) is 1.94. The highest BCUT2D eigenvalue weighted by Gasteiger charge is 2.30. The van der Waals surface area contributed by atoms with Gasteiger partial charge in [-0.15, -0.1) is 0 Å². The average molecular weight is 278 g/mol. The van der Waals surface area contributed by atoms with Crippen molar-refractivity contribution < 1.29 is 4.79 Å². The number of amides is 1. The molecule has 2 bridgehead atoms. The van der Waals surface area contributed by atoms with E-state index in [0.717, 1.165) is 38.3 Å². The molecule has 1 N–H and O–H groups in total. The van der Waals surface area contributed by atoms with Gasteiger partial charge in [-0.2, -0.15) is 0 Å². The van der Waals surface area contributed by atoms with E-state index >= 15 is 0 Å². The number of carbonyl (C=O) groups excluding carboxylic acids is 1. The van der Waals surface area contributed by atoms with Crippen molar-refractivity contribution in [3.8, 4) is 0 Å². The van der Waals surface area contributed by atoms with Crippen LogP contribution in [-0.2, 0) is 4.79 Å². The van der Waals surface area contributed by atoms with Gasteiger partial charge in [0.05, 0.1) is 0 Å². The lowest BCUT2D eigenvalue weighted by atomic mass is 9.86. The normalized spacial score (nSPS) is 31.3. The molecule has 0 spiro atoms. The van der Waals surface area contributed by atoms with Crippen LogP contribution in [0.1, 0.15) is 70.6 Å². The van der Waals surface area contributed by atoms with E-state index in [1.54, 1.807) is 0 Å². The maximum Gasteiger partial charge on any atom is 0.222 e. The van der Waals surface area contributed by atoms with Crippen LogP contribution in [-0.4, -0.2) is 36.0 Å². The van der Waals surface area contributed by atoms with Crippen LogP contribution < -0.4 is 5.32 Å². The molecule has 0 aromatic rings. The zero-order valence-corrected chi connectivity index (χ0v) is 12.8. The third-order valence-electron chi connectivity index (χ3n) is 5.60. The van der Waals surface area contributed by atoms with Gasteiger partial charge in [0, 0.05) is 31.6 Å². The summed E-state index contributed by atoms with van der Waals surface area (Å²) in [6.07, 6.45) is 14.0. The van der Waals surface area contributed by atoms with Crippen LogP contribution in [0.2, 0.25) is 0 Å². The third kappa shape index (κ3) is 3.75. The molecule has 0 aromatic carbocycles. The summed E-state index contributed by atoms with van der Waals surface area (Å²) in [7, 11) is 0. The summed E-state index contributed by atoms with van der Waals surface area (Å²) < 4.78 is 0. The number of nitrogens with one attached hydrogen (secondary N) is 1. The lowest BCUT2D eigenvalue weighted by Gasteiger charge is -2.25. The Bertz CT molecular complexity index is 325. The smallest absolute Gasteiger partial charge is 0.222 e. The molecule has 1 aliphatic carbocycles. The van der Waals surface area contributed by atoms with Crippen LogP contribution in [0.4, 0.5) is 0 Å². The lowest BCUT2D eigenvalue weighted by molar-refractivity contribution is -0.131. The van der Waals surface area contributed by atoms with Crippen molar-refractivity contribution >= 4 is 5.91 Å². The molecule has 0 aromatic heterocycles. The quantitative estimate of drug-likeness (QED) is 0.857. The van der Waals surface area contributed by atoms with Gasteiger partial charge in [0.15, 0.2) is 0 Å². The highest BCUT2D eigenvalue weighted by Crippen LogP contribution is 2.28. The Morgan fingerprint density at radius 3 is 2.65 bits per heavy atom. The van der Waals surface area contributed by atoms with Crippen LogP contribution in [0.25, 0.3) is 0 Å². The number of fused-ring (bicyclic) bond motifs is 2. The standard InChI is InChI=1S/C17H30N2O/c20-17(8-4-7-14-5-2-1-3-6-14)19-12-11-15-9-10-16(13-19)18-15/h14-16,18H,1-13H2. The van der Waals surface area contributed by atoms with Gasteiger partial charge in [-0.05, 0) is 38.0 Å². The molecule has 3 rings (SSSR count). The second kappa shape index (κ2) is 6.93. The molecule has 3 aliphatic rings. The summed E-state index contributed by atoms with van der Waals surface area (Å²) in [5.41, 5.74) is 0. The Hall–Kier alpha value is -0.570. The zero-order chi connectivity index (χ0) is 13.8. The molecule has 2 saturated heterocycles. The van der Waals surface area contributed by atoms with E-state index in [1.807, 2.05) is 0 Å². The minimum absolute atomic E-state index is 0.412. The molecule has 3 nitrogen and oxygen atoms in total. The van der Waals surface area contributed by atoms with Crippen LogP contribution in [0, 0.1) is 5.92 Å². The fourth-order valence-electron chi connectivity index (χ4n) is 4.35. The van der Waals surface area contributed by atoms with Gasteiger partial charge in [-0.3, -0.25) is 4.79 Å². The van der Waals surface area contributed by atoms with Crippen molar-refractivity contribution in [3.05, 3.63) is 0 Å². The van der Waals surface area contributed by atoms with Crippen molar-refractivity contribution in [2.24, 2.45) is 5.92 Å². The molecule has 2 unspecified atom stereocenters. The van der Waals surface area contributed by atoms with Gasteiger partial charge in [0.2, 0.25) is 5.91 Å². The largest absolute Gasteiger partial charge is 0.341 e. The SMILES string of the molecule is O=C(CCCC1CCCCC1)N1CCC2CCC(C1)N2. The fraction of sp³-hybridized carbons (Fsp3) is 0.941. The Labute approximate surface area is 123 Å². The number of rotatable bonds is 4. The van der Waals surface area contributed by atoms with E-state index in [-0.39, 0.29) is 0 Å². The molecule has 114 valence electrons. The van der Waals surface area contributed by atoms with E-state index in [0.29, 0.717) is 18.0 Å². The van der Waals surface area contributed by atoms with Gasteiger partial charge in [0.25, 0.3) is 0 Å². The molecule has 1 amide bonds. The Kier molecular flexibility index (Phi) is 4.98. The van der Waals surface area contributed by atoms with Crippen LogP contribution >= 0.6 is 0 Å². The van der Waals surface area contributed by atoms with Crippen LogP contribution in [0.5, 0.6) is 0 Å². The summed E-state index contributed by atoms with van der Waals surface area (Å²) in [5.74, 6) is 1.33. The summed E-state index contributed by atoms with van der Waals surface area (Å²) >= 11 is 0. The summed E-state index contributed by atoms with van der Waals surface area (Å²) in [5, 5.41) is 3.65. The predicted octanol–water partition coefficient (Wildman–Crippen LogP) is 3.09. The van der Waals surface area contributed by atoms with Crippen molar-refractivity contribution in [2.45, 2.75) is 82.7 Å².